The van der Waals surface area contributed by atoms with Crippen molar-refractivity contribution >= 4 is 11.9 Å². The van der Waals surface area contributed by atoms with E-state index in [1.165, 1.54) is 89.9 Å². The first-order chi connectivity index (χ1) is 15.1. The number of unbranched alkanes of at least 4 members (excludes halogenated alkanes) is 15. The molecule has 31 heavy (non-hydrogen) atoms. The van der Waals surface area contributed by atoms with Gasteiger partial charge in [-0.2, -0.15) is 0 Å². The van der Waals surface area contributed by atoms with E-state index < -0.39 is 0 Å². The van der Waals surface area contributed by atoms with E-state index >= 15 is 0 Å². The van der Waals surface area contributed by atoms with E-state index in [-0.39, 0.29) is 30.9 Å². The number of carbonyl (C=O) groups is 2. The first-order valence-electron chi connectivity index (χ1n) is 13.4. The summed E-state index contributed by atoms with van der Waals surface area (Å²) in [7, 11) is 0. The van der Waals surface area contributed by atoms with Gasteiger partial charge < -0.3 is 9.47 Å². The lowest BCUT2D eigenvalue weighted by atomic mass is 10.1. The average Bonchev–Trinajstić information content (AvgIpc) is 2.75. The molecular formula is C27H52O4. The van der Waals surface area contributed by atoms with Crippen molar-refractivity contribution in [2.24, 2.45) is 0 Å². The van der Waals surface area contributed by atoms with E-state index in [9.17, 15) is 9.59 Å². The maximum Gasteiger partial charge on any atom is 0.306 e. The van der Waals surface area contributed by atoms with E-state index in [2.05, 4.69) is 13.8 Å². The lowest BCUT2D eigenvalue weighted by Gasteiger charge is -2.13. The quantitative estimate of drug-likeness (QED) is 0.118. The Kier molecular flexibility index (Phi) is 22.8. The second-order valence-electron chi connectivity index (χ2n) is 9.11. The predicted octanol–water partition coefficient (Wildman–Crippen LogP) is 8.30. The van der Waals surface area contributed by atoms with Gasteiger partial charge in [0.25, 0.3) is 0 Å². The van der Waals surface area contributed by atoms with Crippen LogP contribution in [-0.4, -0.2) is 24.6 Å². The zero-order valence-corrected chi connectivity index (χ0v) is 21.1. The van der Waals surface area contributed by atoms with Crippen molar-refractivity contribution in [1.82, 2.24) is 0 Å². The number of rotatable bonds is 23. The third kappa shape index (κ3) is 23.4. The Balaban J connectivity index is 3.43. The molecule has 0 aliphatic heterocycles. The minimum Gasteiger partial charge on any atom is -0.466 e. The maximum absolute atomic E-state index is 11.9. The number of hydrogen-bond donors (Lipinski definition) is 0. The molecule has 0 spiro atoms. The normalized spacial score (nSPS) is 12.0. The maximum atomic E-state index is 11.9. The van der Waals surface area contributed by atoms with Gasteiger partial charge in [0.05, 0.1) is 25.6 Å². The molecule has 0 aliphatic rings. The van der Waals surface area contributed by atoms with Crippen LogP contribution in [0.1, 0.15) is 149 Å². The molecule has 4 heteroatoms. The van der Waals surface area contributed by atoms with Crippen LogP contribution in [0, 0.1) is 0 Å². The first-order valence-corrected chi connectivity index (χ1v) is 13.4. The summed E-state index contributed by atoms with van der Waals surface area (Å²) in [4.78, 5) is 23.7. The summed E-state index contributed by atoms with van der Waals surface area (Å²) in [5, 5.41) is 0. The summed E-state index contributed by atoms with van der Waals surface area (Å²) in [5.41, 5.74) is 0. The zero-order valence-electron chi connectivity index (χ0n) is 21.1. The third-order valence-electron chi connectivity index (χ3n) is 5.84. The van der Waals surface area contributed by atoms with Gasteiger partial charge in [0.15, 0.2) is 0 Å². The van der Waals surface area contributed by atoms with Crippen LogP contribution < -0.4 is 0 Å². The van der Waals surface area contributed by atoms with Crippen molar-refractivity contribution in [1.29, 1.82) is 0 Å². The van der Waals surface area contributed by atoms with Gasteiger partial charge in [0, 0.05) is 0 Å². The molecule has 184 valence electrons. The molecule has 1 atom stereocenters. The number of ether oxygens (including phenoxy) is 2. The Labute approximate surface area is 193 Å². The summed E-state index contributed by atoms with van der Waals surface area (Å²) in [6, 6.07) is 0. The van der Waals surface area contributed by atoms with Crippen LogP contribution in [0.4, 0.5) is 0 Å². The highest BCUT2D eigenvalue weighted by atomic mass is 16.5. The molecule has 0 bridgehead atoms. The minimum absolute atomic E-state index is 0.0639. The Hall–Kier alpha value is -1.06. The monoisotopic (exact) mass is 440 g/mol. The summed E-state index contributed by atoms with van der Waals surface area (Å²) < 4.78 is 10.6. The topological polar surface area (TPSA) is 52.6 Å². The second-order valence-corrected chi connectivity index (χ2v) is 9.11. The first kappa shape index (κ1) is 29.9. The zero-order chi connectivity index (χ0) is 23.0. The van der Waals surface area contributed by atoms with Gasteiger partial charge in [-0.15, -0.1) is 0 Å². The molecule has 0 amide bonds. The Morgan fingerprint density at radius 3 is 1.52 bits per heavy atom. The lowest BCUT2D eigenvalue weighted by Crippen LogP contribution is -2.16. The van der Waals surface area contributed by atoms with Crippen molar-refractivity contribution < 1.29 is 19.1 Å². The minimum atomic E-state index is -0.287. The van der Waals surface area contributed by atoms with Crippen LogP contribution in [0.25, 0.3) is 0 Å². The summed E-state index contributed by atoms with van der Waals surface area (Å²) in [6.45, 7) is 6.88. The van der Waals surface area contributed by atoms with Gasteiger partial charge >= 0.3 is 11.9 Å². The standard InChI is InChI=1S/C27H52O4/c1-4-6-8-10-12-13-14-15-16-18-20-24-30-26(28)22-23-27(29)31-25(3)21-19-17-11-9-7-5-2/h25H,4-24H2,1-3H3. The number of esters is 2. The fourth-order valence-electron chi connectivity index (χ4n) is 3.78. The molecule has 0 radical (unpaired) electrons. The van der Waals surface area contributed by atoms with Crippen LogP contribution in [-0.2, 0) is 19.1 Å². The molecule has 0 saturated carbocycles. The van der Waals surface area contributed by atoms with E-state index in [0.29, 0.717) is 6.61 Å². The molecule has 0 saturated heterocycles. The molecule has 4 nitrogen and oxygen atoms in total. The molecule has 0 heterocycles. The van der Waals surface area contributed by atoms with Crippen molar-refractivity contribution in [3.8, 4) is 0 Å². The van der Waals surface area contributed by atoms with Crippen molar-refractivity contribution in [3.05, 3.63) is 0 Å². The summed E-state index contributed by atoms with van der Waals surface area (Å²) >= 11 is 0. The molecule has 0 aliphatic carbocycles. The van der Waals surface area contributed by atoms with Crippen LogP contribution in [0.2, 0.25) is 0 Å². The summed E-state index contributed by atoms with van der Waals surface area (Å²) in [6.07, 6.45) is 22.6. The van der Waals surface area contributed by atoms with Crippen LogP contribution in [0.5, 0.6) is 0 Å². The van der Waals surface area contributed by atoms with E-state index in [4.69, 9.17) is 9.47 Å². The van der Waals surface area contributed by atoms with Gasteiger partial charge in [-0.3, -0.25) is 9.59 Å². The predicted molar refractivity (Wildman–Crippen MR) is 130 cm³/mol. The van der Waals surface area contributed by atoms with Crippen LogP contribution >= 0.6 is 0 Å². The van der Waals surface area contributed by atoms with Gasteiger partial charge in [-0.1, -0.05) is 110 Å². The Morgan fingerprint density at radius 1 is 0.581 bits per heavy atom. The molecule has 0 aromatic heterocycles. The van der Waals surface area contributed by atoms with Gasteiger partial charge in [0.2, 0.25) is 0 Å². The number of carbonyl (C=O) groups excluding carboxylic acids is 2. The SMILES string of the molecule is CCCCCCCCCCCCCOC(=O)CCC(=O)OC(C)CCCCCCCC. The fourth-order valence-corrected chi connectivity index (χ4v) is 3.78. The van der Waals surface area contributed by atoms with Crippen LogP contribution in [0.15, 0.2) is 0 Å². The Bertz CT molecular complexity index is 408. The van der Waals surface area contributed by atoms with E-state index in [1.54, 1.807) is 0 Å². The largest absolute Gasteiger partial charge is 0.466 e. The molecule has 0 N–H and O–H groups in total. The van der Waals surface area contributed by atoms with Gasteiger partial charge in [0.1, 0.15) is 0 Å². The van der Waals surface area contributed by atoms with E-state index in [0.717, 1.165) is 25.7 Å². The fraction of sp³-hybridized carbons (Fsp3) is 0.926. The highest BCUT2D eigenvalue weighted by Gasteiger charge is 2.12. The second kappa shape index (κ2) is 23.6. The van der Waals surface area contributed by atoms with Crippen molar-refractivity contribution in [2.75, 3.05) is 6.61 Å². The summed E-state index contributed by atoms with van der Waals surface area (Å²) in [5.74, 6) is -0.572. The number of hydrogen-bond acceptors (Lipinski definition) is 4. The molecule has 0 fully saturated rings. The van der Waals surface area contributed by atoms with Crippen LogP contribution in [0.3, 0.4) is 0 Å². The van der Waals surface area contributed by atoms with Crippen molar-refractivity contribution in [3.63, 3.8) is 0 Å². The molecule has 0 aromatic rings. The molecule has 0 rings (SSSR count). The van der Waals surface area contributed by atoms with E-state index in [1.807, 2.05) is 6.92 Å². The Morgan fingerprint density at radius 2 is 1.00 bits per heavy atom. The molecule has 1 unspecified atom stereocenters. The smallest absolute Gasteiger partial charge is 0.306 e. The van der Waals surface area contributed by atoms with Crippen molar-refractivity contribution in [2.45, 2.75) is 155 Å². The van der Waals surface area contributed by atoms with Gasteiger partial charge in [-0.05, 0) is 26.2 Å². The highest BCUT2D eigenvalue weighted by Crippen LogP contribution is 2.12. The average molecular weight is 441 g/mol. The third-order valence-corrected chi connectivity index (χ3v) is 5.84. The lowest BCUT2D eigenvalue weighted by molar-refractivity contribution is -0.153. The molecular weight excluding hydrogens is 388 g/mol. The highest BCUT2D eigenvalue weighted by molar-refractivity contribution is 5.77. The van der Waals surface area contributed by atoms with Gasteiger partial charge in [-0.25, -0.2) is 0 Å². The molecule has 0 aromatic carbocycles.